The van der Waals surface area contributed by atoms with E-state index in [0.29, 0.717) is 11.8 Å². The summed E-state index contributed by atoms with van der Waals surface area (Å²) in [5.41, 5.74) is 20.7. The predicted molar refractivity (Wildman–Crippen MR) is 252 cm³/mol. The topological polar surface area (TPSA) is 0 Å². The molecule has 0 bridgehead atoms. The van der Waals surface area contributed by atoms with Gasteiger partial charge in [0, 0.05) is 10.8 Å². The lowest BCUT2D eigenvalue weighted by molar-refractivity contribution is 0.584. The van der Waals surface area contributed by atoms with Gasteiger partial charge in [-0.3, -0.25) is 0 Å². The van der Waals surface area contributed by atoms with E-state index in [1.54, 1.807) is 0 Å². The minimum Gasteiger partial charge on any atom is -0.0625 e. The van der Waals surface area contributed by atoms with Crippen LogP contribution in [-0.2, 0) is 29.1 Å². The van der Waals surface area contributed by atoms with Crippen molar-refractivity contribution >= 4 is 32.3 Å². The molecule has 8 aromatic rings. The Morgan fingerprint density at radius 3 is 1.59 bits per heavy atom. The molecule has 0 nitrogen and oxygen atoms in total. The van der Waals surface area contributed by atoms with Crippen molar-refractivity contribution in [3.05, 3.63) is 154 Å². The Balaban J connectivity index is 1.09. The summed E-state index contributed by atoms with van der Waals surface area (Å²) in [7, 11) is 0. The molecular weight excluding hydrogens is 697 g/mol. The van der Waals surface area contributed by atoms with Gasteiger partial charge in [0.1, 0.15) is 0 Å². The second kappa shape index (κ2) is 12.6. The average Bonchev–Trinajstić information content (AvgIpc) is 3.54. The lowest BCUT2D eigenvalue weighted by Crippen LogP contribution is -2.18. The molecule has 0 amide bonds. The molecule has 58 heavy (non-hydrogen) atoms. The van der Waals surface area contributed by atoms with Gasteiger partial charge in [-0.25, -0.2) is 0 Å². The number of hydrogen-bond donors (Lipinski definition) is 0. The van der Waals surface area contributed by atoms with Crippen LogP contribution in [0.4, 0.5) is 0 Å². The maximum absolute atomic E-state index is 2.54. The maximum atomic E-state index is 2.54. The van der Waals surface area contributed by atoms with Gasteiger partial charge < -0.3 is 0 Å². The van der Waals surface area contributed by atoms with E-state index < -0.39 is 0 Å². The molecule has 0 fully saturated rings. The molecule has 0 saturated carbocycles. The Morgan fingerprint density at radius 2 is 0.948 bits per heavy atom. The zero-order valence-corrected chi connectivity index (χ0v) is 36.5. The van der Waals surface area contributed by atoms with Crippen LogP contribution < -0.4 is 0 Å². The normalized spacial score (nSPS) is 15.2. The van der Waals surface area contributed by atoms with Gasteiger partial charge in [-0.1, -0.05) is 173 Å². The highest BCUT2D eigenvalue weighted by Gasteiger charge is 2.40. The molecule has 0 saturated heterocycles. The van der Waals surface area contributed by atoms with Crippen molar-refractivity contribution in [3.8, 4) is 44.5 Å². The fourth-order valence-corrected chi connectivity index (χ4v) is 11.0. The highest BCUT2D eigenvalue weighted by molar-refractivity contribution is 6.25. The minimum atomic E-state index is -0.152. The van der Waals surface area contributed by atoms with E-state index in [4.69, 9.17) is 0 Å². The smallest absolute Gasteiger partial charge is 0.0159 e. The highest BCUT2D eigenvalue weighted by Crippen LogP contribution is 2.56. The quantitative estimate of drug-likeness (QED) is 0.148. The van der Waals surface area contributed by atoms with Crippen LogP contribution in [0.5, 0.6) is 0 Å². The number of hydrogen-bond acceptors (Lipinski definition) is 0. The zero-order valence-electron chi connectivity index (χ0n) is 36.5. The third-order valence-electron chi connectivity index (χ3n) is 13.9. The Labute approximate surface area is 346 Å². The van der Waals surface area contributed by atoms with E-state index in [-0.39, 0.29) is 16.2 Å². The molecule has 2 aliphatic rings. The van der Waals surface area contributed by atoms with E-state index in [0.717, 1.165) is 12.8 Å². The molecule has 0 aromatic heterocycles. The molecule has 0 spiro atoms. The van der Waals surface area contributed by atoms with Gasteiger partial charge in [-0.15, -0.1) is 0 Å². The first-order chi connectivity index (χ1) is 27.5. The summed E-state index contributed by atoms with van der Waals surface area (Å²) >= 11 is 0. The van der Waals surface area contributed by atoms with Crippen molar-refractivity contribution in [2.24, 2.45) is 11.8 Å². The Bertz CT molecular complexity index is 2950. The van der Waals surface area contributed by atoms with Crippen LogP contribution >= 0.6 is 0 Å². The van der Waals surface area contributed by atoms with Crippen molar-refractivity contribution in [2.45, 2.75) is 105 Å². The Kier molecular flexibility index (Phi) is 8.09. The van der Waals surface area contributed by atoms with Crippen LogP contribution in [0.2, 0.25) is 0 Å². The minimum absolute atomic E-state index is 0.0297. The summed E-state index contributed by atoms with van der Waals surface area (Å²) in [5.74, 6) is 1.27. The maximum Gasteiger partial charge on any atom is 0.0159 e. The van der Waals surface area contributed by atoms with Crippen molar-refractivity contribution in [3.63, 3.8) is 0 Å². The van der Waals surface area contributed by atoms with Gasteiger partial charge in [0.05, 0.1) is 0 Å². The van der Waals surface area contributed by atoms with Crippen LogP contribution in [0.15, 0.2) is 115 Å². The third-order valence-corrected chi connectivity index (χ3v) is 13.9. The highest BCUT2D eigenvalue weighted by atomic mass is 14.4. The SMILES string of the molecule is CC(C)Cc1ccc2c(c1)C(C)(C)c1cc(C(C)(C)C)cc(-c3ccc4c(c3)C(C)(C)c3cc(-c5ccc6ccc7cc(CC(C)C)cc8ccc5c6c78)ccc3-4)c1-2. The van der Waals surface area contributed by atoms with Gasteiger partial charge in [0.25, 0.3) is 0 Å². The summed E-state index contributed by atoms with van der Waals surface area (Å²) in [6.07, 6.45) is 2.21. The second-order valence-corrected chi connectivity index (χ2v) is 20.8. The van der Waals surface area contributed by atoms with Crippen molar-refractivity contribution in [1.82, 2.24) is 0 Å². The zero-order chi connectivity index (χ0) is 40.6. The molecule has 290 valence electrons. The molecule has 0 unspecified atom stereocenters. The van der Waals surface area contributed by atoms with Gasteiger partial charge in [-0.05, 0) is 164 Å². The molecule has 0 heterocycles. The lowest BCUT2D eigenvalue weighted by atomic mass is 9.76. The van der Waals surface area contributed by atoms with E-state index in [1.807, 2.05) is 0 Å². The molecule has 8 aromatic carbocycles. The standard InChI is InChI=1S/C58H58/c1-33(2)24-35-12-19-47-49(28-35)58(10,11)52-32-42(56(5,6)7)31-48(55(47)52)39-17-22-45-44-21-16-38(29-50(44)57(8,9)51(45)30-39)43-20-15-37-13-14-40-26-36(25-34(3)4)27-41-18-23-46(43)54(37)53(40)41/h12-23,26-34H,24-25H2,1-11H3. The summed E-state index contributed by atoms with van der Waals surface area (Å²) in [6, 6.07) is 46.0. The van der Waals surface area contributed by atoms with Crippen LogP contribution in [0.25, 0.3) is 76.8 Å². The summed E-state index contributed by atoms with van der Waals surface area (Å²) in [5, 5.41) is 8.16. The largest absolute Gasteiger partial charge is 0.0625 e. The Morgan fingerprint density at radius 1 is 0.431 bits per heavy atom. The van der Waals surface area contributed by atoms with Gasteiger partial charge >= 0.3 is 0 Å². The summed E-state index contributed by atoms with van der Waals surface area (Å²) < 4.78 is 0. The molecule has 0 atom stereocenters. The predicted octanol–water partition coefficient (Wildman–Crippen LogP) is 16.2. The first-order valence-electron chi connectivity index (χ1n) is 21.8. The van der Waals surface area contributed by atoms with Crippen LogP contribution in [0.3, 0.4) is 0 Å². The third kappa shape index (κ3) is 5.54. The van der Waals surface area contributed by atoms with E-state index >= 15 is 0 Å². The second-order valence-electron chi connectivity index (χ2n) is 20.8. The van der Waals surface area contributed by atoms with Gasteiger partial charge in [0.2, 0.25) is 0 Å². The fraction of sp³-hybridized carbons (Fsp3) is 0.310. The number of rotatable bonds is 6. The lowest BCUT2D eigenvalue weighted by Gasteiger charge is -2.27. The van der Waals surface area contributed by atoms with E-state index in [1.165, 1.54) is 116 Å². The molecule has 0 N–H and O–H groups in total. The Hall–Kier alpha value is -5.20. The summed E-state index contributed by atoms with van der Waals surface area (Å²) in [4.78, 5) is 0. The molecule has 0 radical (unpaired) electrons. The molecule has 2 aliphatic carbocycles. The van der Waals surface area contributed by atoms with E-state index in [9.17, 15) is 0 Å². The molecule has 0 aliphatic heterocycles. The monoisotopic (exact) mass is 754 g/mol. The van der Waals surface area contributed by atoms with Crippen molar-refractivity contribution < 1.29 is 0 Å². The van der Waals surface area contributed by atoms with Crippen LogP contribution in [0, 0.1) is 11.8 Å². The van der Waals surface area contributed by atoms with Crippen LogP contribution in [-0.4, -0.2) is 0 Å². The number of fused-ring (bicyclic) bond motifs is 6. The molecule has 10 rings (SSSR count). The summed E-state index contributed by atoms with van der Waals surface area (Å²) in [6.45, 7) is 26.1. The molecular formula is C58H58. The first kappa shape index (κ1) is 37.1. The van der Waals surface area contributed by atoms with Crippen molar-refractivity contribution in [1.29, 1.82) is 0 Å². The van der Waals surface area contributed by atoms with Gasteiger partial charge in [-0.2, -0.15) is 0 Å². The average molecular weight is 755 g/mol. The first-order valence-corrected chi connectivity index (χ1v) is 21.8. The van der Waals surface area contributed by atoms with Crippen molar-refractivity contribution in [2.75, 3.05) is 0 Å². The van der Waals surface area contributed by atoms with Crippen LogP contribution in [0.1, 0.15) is 115 Å². The van der Waals surface area contributed by atoms with E-state index in [2.05, 4.69) is 191 Å². The molecule has 0 heteroatoms. The van der Waals surface area contributed by atoms with Gasteiger partial charge in [0.15, 0.2) is 0 Å². The number of benzene rings is 8. The fourth-order valence-electron chi connectivity index (χ4n) is 11.0.